The van der Waals surface area contributed by atoms with Crippen molar-refractivity contribution in [2.75, 3.05) is 14.1 Å². The predicted molar refractivity (Wildman–Crippen MR) is 90.9 cm³/mol. The second kappa shape index (κ2) is 6.07. The normalized spacial score (nSPS) is 21.4. The maximum absolute atomic E-state index is 12.5. The first-order chi connectivity index (χ1) is 10.6. The largest absolute Gasteiger partial charge is 0.348 e. The van der Waals surface area contributed by atoms with Gasteiger partial charge < -0.3 is 15.5 Å². The van der Waals surface area contributed by atoms with Crippen LogP contribution in [0.1, 0.15) is 37.9 Å². The fourth-order valence-electron chi connectivity index (χ4n) is 2.72. The van der Waals surface area contributed by atoms with E-state index in [0.717, 1.165) is 5.56 Å². The van der Waals surface area contributed by atoms with E-state index in [1.54, 1.807) is 14.1 Å². The smallest absolute Gasteiger partial charge is 0.319 e. The molecule has 1 aliphatic rings. The van der Waals surface area contributed by atoms with E-state index in [9.17, 15) is 9.59 Å². The van der Waals surface area contributed by atoms with Gasteiger partial charge in [-0.1, -0.05) is 51.6 Å². The molecule has 0 aromatic heterocycles. The summed E-state index contributed by atoms with van der Waals surface area (Å²) in [6.07, 6.45) is 0. The Kier molecular flexibility index (Phi) is 4.50. The molecule has 1 aliphatic heterocycles. The van der Waals surface area contributed by atoms with Crippen LogP contribution < -0.4 is 10.6 Å². The molecule has 0 bridgehead atoms. The van der Waals surface area contributed by atoms with E-state index in [1.807, 2.05) is 24.3 Å². The van der Waals surface area contributed by atoms with E-state index < -0.39 is 12.0 Å². The zero-order valence-electron chi connectivity index (χ0n) is 14.4. The Bertz CT molecular complexity index is 627. The van der Waals surface area contributed by atoms with Gasteiger partial charge in [0.15, 0.2) is 0 Å². The zero-order valence-corrected chi connectivity index (χ0v) is 14.4. The van der Waals surface area contributed by atoms with Crippen LogP contribution in [-0.4, -0.2) is 30.9 Å². The molecule has 1 fully saturated rings. The second-order valence-electron chi connectivity index (χ2n) is 7.18. The van der Waals surface area contributed by atoms with Crippen molar-refractivity contribution in [3.05, 3.63) is 47.7 Å². The third-order valence-corrected chi connectivity index (χ3v) is 4.11. The van der Waals surface area contributed by atoms with E-state index in [-0.39, 0.29) is 17.4 Å². The summed E-state index contributed by atoms with van der Waals surface area (Å²) in [6.45, 7) is 10.3. The van der Waals surface area contributed by atoms with Crippen LogP contribution >= 0.6 is 0 Å². The van der Waals surface area contributed by atoms with Crippen molar-refractivity contribution in [1.82, 2.24) is 15.5 Å². The van der Waals surface area contributed by atoms with E-state index >= 15 is 0 Å². The van der Waals surface area contributed by atoms with Gasteiger partial charge in [-0.15, -0.1) is 0 Å². The first-order valence-corrected chi connectivity index (χ1v) is 7.69. The van der Waals surface area contributed by atoms with Crippen molar-refractivity contribution in [2.24, 2.45) is 5.92 Å². The summed E-state index contributed by atoms with van der Waals surface area (Å²) in [5.41, 5.74) is 2.58. The average Bonchev–Trinajstić information content (AvgIpc) is 2.45. The van der Waals surface area contributed by atoms with Crippen molar-refractivity contribution in [1.29, 1.82) is 0 Å². The second-order valence-corrected chi connectivity index (χ2v) is 7.18. The minimum absolute atomic E-state index is 0.0539. The summed E-state index contributed by atoms with van der Waals surface area (Å²) >= 11 is 0. The van der Waals surface area contributed by atoms with Crippen LogP contribution in [-0.2, 0) is 10.2 Å². The van der Waals surface area contributed by atoms with Gasteiger partial charge in [0.25, 0.3) is 0 Å². The highest BCUT2D eigenvalue weighted by atomic mass is 16.2. The number of benzene rings is 1. The Labute approximate surface area is 137 Å². The number of carbonyl (C=O) groups is 2. The molecular weight excluding hydrogens is 290 g/mol. The van der Waals surface area contributed by atoms with Gasteiger partial charge in [-0.05, 0) is 16.5 Å². The van der Waals surface area contributed by atoms with Gasteiger partial charge in [-0.3, -0.25) is 4.79 Å². The molecule has 23 heavy (non-hydrogen) atoms. The first kappa shape index (κ1) is 17.1. The monoisotopic (exact) mass is 315 g/mol. The summed E-state index contributed by atoms with van der Waals surface area (Å²) in [6, 6.07) is 7.29. The Balaban J connectivity index is 2.38. The van der Waals surface area contributed by atoms with Gasteiger partial charge in [-0.25, -0.2) is 4.79 Å². The van der Waals surface area contributed by atoms with Crippen LogP contribution in [0.2, 0.25) is 0 Å². The number of urea groups is 1. The highest BCUT2D eigenvalue weighted by Crippen LogP contribution is 2.32. The third kappa shape index (κ3) is 3.55. The van der Waals surface area contributed by atoms with Crippen molar-refractivity contribution >= 4 is 11.9 Å². The quantitative estimate of drug-likeness (QED) is 0.881. The molecule has 5 nitrogen and oxygen atoms in total. The van der Waals surface area contributed by atoms with E-state index in [0.29, 0.717) is 5.70 Å². The molecule has 2 rings (SSSR count). The van der Waals surface area contributed by atoms with E-state index in [2.05, 4.69) is 38.0 Å². The molecule has 1 saturated heterocycles. The molecule has 0 unspecified atom stereocenters. The minimum atomic E-state index is -0.525. The number of carbonyl (C=O) groups excluding carboxylic acids is 2. The van der Waals surface area contributed by atoms with Gasteiger partial charge in [0.05, 0.1) is 6.04 Å². The van der Waals surface area contributed by atoms with E-state index in [4.69, 9.17) is 0 Å². The average molecular weight is 315 g/mol. The molecule has 2 N–H and O–H groups in total. The highest BCUT2D eigenvalue weighted by Gasteiger charge is 2.38. The van der Waals surface area contributed by atoms with Crippen LogP contribution in [0.15, 0.2) is 36.5 Å². The number of amides is 3. The molecule has 5 heteroatoms. The van der Waals surface area contributed by atoms with Crippen molar-refractivity contribution in [3.8, 4) is 0 Å². The molecule has 2 atom stereocenters. The summed E-state index contributed by atoms with van der Waals surface area (Å²) in [5.74, 6) is -0.615. The fraction of sp³-hybridized carbons (Fsp3) is 0.444. The lowest BCUT2D eigenvalue weighted by Gasteiger charge is -2.35. The molecule has 1 heterocycles. The maximum Gasteiger partial charge on any atom is 0.319 e. The molecule has 1 aromatic rings. The minimum Gasteiger partial charge on any atom is -0.348 e. The molecule has 0 saturated carbocycles. The van der Waals surface area contributed by atoms with Crippen molar-refractivity contribution in [2.45, 2.75) is 32.2 Å². The molecular formula is C18H25N3O2. The number of hydrogen-bond acceptors (Lipinski definition) is 2. The number of nitrogens with one attached hydrogen (secondary N) is 2. The van der Waals surface area contributed by atoms with Gasteiger partial charge in [0.2, 0.25) is 5.91 Å². The van der Waals surface area contributed by atoms with Gasteiger partial charge in [0.1, 0.15) is 5.92 Å². The summed E-state index contributed by atoms with van der Waals surface area (Å²) in [4.78, 5) is 25.8. The lowest BCUT2D eigenvalue weighted by atomic mass is 9.83. The summed E-state index contributed by atoms with van der Waals surface area (Å²) in [5, 5.41) is 5.46. The number of rotatable bonds is 2. The summed E-state index contributed by atoms with van der Waals surface area (Å²) < 4.78 is 0. The molecule has 1 aromatic carbocycles. The van der Waals surface area contributed by atoms with Crippen molar-refractivity contribution in [3.63, 3.8) is 0 Å². The molecule has 0 radical (unpaired) electrons. The summed E-state index contributed by atoms with van der Waals surface area (Å²) in [7, 11) is 3.40. The zero-order chi connectivity index (χ0) is 17.4. The fourth-order valence-corrected chi connectivity index (χ4v) is 2.72. The van der Waals surface area contributed by atoms with Gasteiger partial charge >= 0.3 is 6.03 Å². The standard InChI is InChI=1S/C18H25N3O2/c1-11-14(16(22)21(5)6)15(20-17(23)19-11)12-7-9-13(10-8-12)18(2,3)4/h7-10,14-15H,1H2,2-6H3,(H2,19,20,23)/t14-,15+/m1/s1. The lowest BCUT2D eigenvalue weighted by molar-refractivity contribution is -0.132. The van der Waals surface area contributed by atoms with Crippen LogP contribution in [0.4, 0.5) is 4.79 Å². The molecule has 0 aliphatic carbocycles. The molecule has 3 amide bonds. The molecule has 0 spiro atoms. The van der Waals surface area contributed by atoms with E-state index in [1.165, 1.54) is 10.5 Å². The Hall–Kier alpha value is -2.30. The number of hydrogen-bond donors (Lipinski definition) is 2. The molecule has 124 valence electrons. The van der Waals surface area contributed by atoms with Crippen molar-refractivity contribution < 1.29 is 9.59 Å². The SMILES string of the molecule is C=C1NC(=O)N[C@@H](c2ccc(C(C)(C)C)cc2)[C@@H]1C(=O)N(C)C. The van der Waals surface area contributed by atoms with Gasteiger partial charge in [0, 0.05) is 19.8 Å². The maximum atomic E-state index is 12.5. The van der Waals surface area contributed by atoms with Crippen LogP contribution in [0.5, 0.6) is 0 Å². The van der Waals surface area contributed by atoms with Gasteiger partial charge in [-0.2, -0.15) is 0 Å². The lowest BCUT2D eigenvalue weighted by Crippen LogP contribution is -2.52. The third-order valence-electron chi connectivity index (χ3n) is 4.11. The predicted octanol–water partition coefficient (Wildman–Crippen LogP) is 2.56. The topological polar surface area (TPSA) is 61.4 Å². The number of nitrogens with zero attached hydrogens (tertiary/aromatic N) is 1. The first-order valence-electron chi connectivity index (χ1n) is 7.69. The Morgan fingerprint density at radius 1 is 1.17 bits per heavy atom. The highest BCUT2D eigenvalue weighted by molar-refractivity contribution is 5.87. The Morgan fingerprint density at radius 3 is 2.22 bits per heavy atom. The Morgan fingerprint density at radius 2 is 1.74 bits per heavy atom. The van der Waals surface area contributed by atoms with Crippen LogP contribution in [0.3, 0.4) is 0 Å². The van der Waals surface area contributed by atoms with Crippen LogP contribution in [0, 0.1) is 5.92 Å². The van der Waals surface area contributed by atoms with Crippen LogP contribution in [0.25, 0.3) is 0 Å².